The highest BCUT2D eigenvalue weighted by atomic mass is 32.2. The van der Waals surface area contributed by atoms with Gasteiger partial charge in [-0.2, -0.15) is 0 Å². The molecule has 0 saturated heterocycles. The lowest BCUT2D eigenvalue weighted by Crippen LogP contribution is -2.41. The summed E-state index contributed by atoms with van der Waals surface area (Å²) in [5.74, 6) is 2.34. The van der Waals surface area contributed by atoms with Gasteiger partial charge in [0.05, 0.1) is 5.75 Å². The summed E-state index contributed by atoms with van der Waals surface area (Å²) in [7, 11) is 0. The van der Waals surface area contributed by atoms with Crippen LogP contribution in [0.25, 0.3) is 10.2 Å². The Morgan fingerprint density at radius 2 is 2.08 bits per heavy atom. The Kier molecular flexibility index (Phi) is 5.63. The summed E-state index contributed by atoms with van der Waals surface area (Å²) >= 11 is 3.38. The van der Waals surface area contributed by atoms with Gasteiger partial charge in [-0.05, 0) is 51.5 Å². The first-order valence-electron chi connectivity index (χ1n) is 9.40. The van der Waals surface area contributed by atoms with Crippen LogP contribution in [0.15, 0.2) is 5.03 Å². The monoisotopic (exact) mass is 391 g/mol. The van der Waals surface area contributed by atoms with Crippen LogP contribution in [0.3, 0.4) is 0 Å². The third-order valence-electron chi connectivity index (χ3n) is 4.51. The van der Waals surface area contributed by atoms with Crippen molar-refractivity contribution >= 4 is 39.2 Å². The fourth-order valence-corrected chi connectivity index (χ4v) is 5.59. The molecule has 142 valence electrons. The molecular weight excluding hydrogens is 362 g/mol. The minimum absolute atomic E-state index is 0.0538. The van der Waals surface area contributed by atoms with Gasteiger partial charge in [-0.3, -0.25) is 4.79 Å². The second-order valence-electron chi connectivity index (χ2n) is 8.66. The number of aromatic nitrogens is 2. The van der Waals surface area contributed by atoms with E-state index in [1.165, 1.54) is 22.2 Å². The maximum absolute atomic E-state index is 12.3. The maximum atomic E-state index is 12.3. The van der Waals surface area contributed by atoms with Gasteiger partial charge in [-0.1, -0.05) is 32.5 Å². The molecule has 3 rings (SSSR count). The van der Waals surface area contributed by atoms with Gasteiger partial charge in [0.25, 0.3) is 0 Å². The van der Waals surface area contributed by atoms with E-state index in [0.29, 0.717) is 5.75 Å². The van der Waals surface area contributed by atoms with Crippen LogP contribution in [0.5, 0.6) is 0 Å². The van der Waals surface area contributed by atoms with E-state index in [4.69, 9.17) is 9.97 Å². The zero-order chi connectivity index (χ0) is 19.1. The average Bonchev–Trinajstić information content (AvgIpc) is 2.87. The lowest BCUT2D eigenvalue weighted by molar-refractivity contribution is -0.119. The molecule has 0 spiro atoms. The van der Waals surface area contributed by atoms with E-state index in [9.17, 15) is 4.79 Å². The standard InChI is InChI=1S/C20H29N3OS2/c1-11(2)17-21-18(25-10-15(24)23-20(4,5)6)16-13-8-7-12(3)9-14(13)26-19(16)22-17/h11-12H,7-10H2,1-6H3,(H,23,24)/t12-/m0/s1. The molecule has 2 aromatic heterocycles. The normalized spacial score (nSPS) is 17.6. The number of hydrogen-bond acceptors (Lipinski definition) is 5. The molecule has 0 aromatic carbocycles. The molecule has 0 radical (unpaired) electrons. The Morgan fingerprint density at radius 1 is 1.35 bits per heavy atom. The highest BCUT2D eigenvalue weighted by Gasteiger charge is 2.25. The Bertz CT molecular complexity index is 821. The van der Waals surface area contributed by atoms with Crippen molar-refractivity contribution in [3.63, 3.8) is 0 Å². The number of carbonyl (C=O) groups excluding carboxylic acids is 1. The topological polar surface area (TPSA) is 54.9 Å². The Morgan fingerprint density at radius 3 is 2.73 bits per heavy atom. The summed E-state index contributed by atoms with van der Waals surface area (Å²) in [6.07, 6.45) is 3.46. The number of nitrogens with one attached hydrogen (secondary N) is 1. The lowest BCUT2D eigenvalue weighted by Gasteiger charge is -2.20. The van der Waals surface area contributed by atoms with Gasteiger partial charge in [0.2, 0.25) is 5.91 Å². The van der Waals surface area contributed by atoms with Gasteiger partial charge in [0, 0.05) is 21.7 Å². The van der Waals surface area contributed by atoms with E-state index in [1.807, 2.05) is 32.1 Å². The van der Waals surface area contributed by atoms with E-state index in [2.05, 4.69) is 26.1 Å². The summed E-state index contributed by atoms with van der Waals surface area (Å²) in [6, 6.07) is 0. The average molecular weight is 392 g/mol. The number of aryl methyl sites for hydroxylation is 1. The van der Waals surface area contributed by atoms with E-state index in [1.54, 1.807) is 11.8 Å². The summed E-state index contributed by atoms with van der Waals surface area (Å²) in [5, 5.41) is 5.22. The van der Waals surface area contributed by atoms with E-state index in [0.717, 1.165) is 34.4 Å². The lowest BCUT2D eigenvalue weighted by atomic mass is 9.89. The second-order valence-corrected chi connectivity index (χ2v) is 10.7. The zero-order valence-corrected chi connectivity index (χ0v) is 18.2. The summed E-state index contributed by atoms with van der Waals surface area (Å²) in [5.41, 5.74) is 1.22. The molecule has 2 heterocycles. The molecule has 1 aliphatic rings. The predicted octanol–water partition coefficient (Wildman–Crippen LogP) is 4.95. The van der Waals surface area contributed by atoms with Gasteiger partial charge in [0.15, 0.2) is 0 Å². The first-order chi connectivity index (χ1) is 12.1. The SMILES string of the molecule is CC(C)c1nc(SCC(=O)NC(C)(C)C)c2c3c(sc2n1)C[C@@H](C)CC3. The number of rotatable bonds is 4. The van der Waals surface area contributed by atoms with Gasteiger partial charge < -0.3 is 5.32 Å². The smallest absolute Gasteiger partial charge is 0.230 e. The van der Waals surface area contributed by atoms with Crippen LogP contribution in [0.1, 0.15) is 70.1 Å². The molecule has 0 aliphatic heterocycles. The van der Waals surface area contributed by atoms with Crippen molar-refractivity contribution in [1.29, 1.82) is 0 Å². The minimum Gasteiger partial charge on any atom is -0.351 e. The third kappa shape index (κ3) is 4.39. The molecule has 4 nitrogen and oxygen atoms in total. The van der Waals surface area contributed by atoms with Crippen molar-refractivity contribution in [3.05, 3.63) is 16.3 Å². The van der Waals surface area contributed by atoms with Crippen LogP contribution < -0.4 is 5.32 Å². The first-order valence-corrected chi connectivity index (χ1v) is 11.2. The Labute approximate surface area is 164 Å². The zero-order valence-electron chi connectivity index (χ0n) is 16.6. The van der Waals surface area contributed by atoms with Crippen LogP contribution in [-0.2, 0) is 17.6 Å². The molecule has 26 heavy (non-hydrogen) atoms. The van der Waals surface area contributed by atoms with Crippen LogP contribution in [0.2, 0.25) is 0 Å². The number of thioether (sulfide) groups is 1. The molecule has 0 saturated carbocycles. The van der Waals surface area contributed by atoms with Gasteiger partial charge >= 0.3 is 0 Å². The number of amides is 1. The first kappa shape index (κ1) is 19.6. The number of thiophene rings is 1. The Hall–Kier alpha value is -1.14. The van der Waals surface area contributed by atoms with Crippen LogP contribution in [0, 0.1) is 5.92 Å². The fraction of sp³-hybridized carbons (Fsp3) is 0.650. The van der Waals surface area contributed by atoms with Crippen LogP contribution >= 0.6 is 23.1 Å². The molecule has 6 heteroatoms. The van der Waals surface area contributed by atoms with Crippen LogP contribution in [-0.4, -0.2) is 27.2 Å². The molecule has 0 bridgehead atoms. The van der Waals surface area contributed by atoms with Crippen molar-refractivity contribution < 1.29 is 4.79 Å². The van der Waals surface area contributed by atoms with Gasteiger partial charge in [0.1, 0.15) is 15.7 Å². The molecule has 0 fully saturated rings. The van der Waals surface area contributed by atoms with Crippen molar-refractivity contribution in [3.8, 4) is 0 Å². The van der Waals surface area contributed by atoms with Crippen molar-refractivity contribution in [2.75, 3.05) is 5.75 Å². The van der Waals surface area contributed by atoms with Crippen molar-refractivity contribution in [2.24, 2.45) is 5.92 Å². The number of fused-ring (bicyclic) bond motifs is 3. The van der Waals surface area contributed by atoms with E-state index < -0.39 is 0 Å². The minimum atomic E-state index is -0.209. The van der Waals surface area contributed by atoms with Crippen LogP contribution in [0.4, 0.5) is 0 Å². The second kappa shape index (κ2) is 7.47. The molecule has 2 aromatic rings. The summed E-state index contributed by atoms with van der Waals surface area (Å²) in [6.45, 7) is 12.6. The molecular formula is C20H29N3OS2. The van der Waals surface area contributed by atoms with E-state index >= 15 is 0 Å². The predicted molar refractivity (Wildman–Crippen MR) is 111 cm³/mol. The number of hydrogen-bond donors (Lipinski definition) is 1. The van der Waals surface area contributed by atoms with Gasteiger partial charge in [-0.25, -0.2) is 9.97 Å². The van der Waals surface area contributed by atoms with Crippen molar-refractivity contribution in [1.82, 2.24) is 15.3 Å². The summed E-state index contributed by atoms with van der Waals surface area (Å²) < 4.78 is 0. The molecule has 1 aliphatic carbocycles. The van der Waals surface area contributed by atoms with Gasteiger partial charge in [-0.15, -0.1) is 11.3 Å². The van der Waals surface area contributed by atoms with E-state index in [-0.39, 0.29) is 17.4 Å². The molecule has 1 N–H and O–H groups in total. The highest BCUT2D eigenvalue weighted by Crippen LogP contribution is 2.41. The molecule has 1 amide bonds. The summed E-state index contributed by atoms with van der Waals surface area (Å²) in [4.78, 5) is 24.5. The number of nitrogens with zero attached hydrogens (tertiary/aromatic N) is 2. The Balaban J connectivity index is 1.95. The molecule has 0 unspecified atom stereocenters. The maximum Gasteiger partial charge on any atom is 0.230 e. The van der Waals surface area contributed by atoms with Crippen molar-refractivity contribution in [2.45, 2.75) is 77.3 Å². The number of carbonyl (C=O) groups is 1. The fourth-order valence-electron chi connectivity index (χ4n) is 3.28. The largest absolute Gasteiger partial charge is 0.351 e. The highest BCUT2D eigenvalue weighted by molar-refractivity contribution is 8.00. The molecule has 1 atom stereocenters. The third-order valence-corrected chi connectivity index (χ3v) is 6.63. The quantitative estimate of drug-likeness (QED) is 0.592.